The highest BCUT2D eigenvalue weighted by molar-refractivity contribution is 5.97. The van der Waals surface area contributed by atoms with Gasteiger partial charge in [0.05, 0.1) is 13.1 Å². The van der Waals surface area contributed by atoms with Gasteiger partial charge in [-0.1, -0.05) is 6.08 Å². The second-order valence-corrected chi connectivity index (χ2v) is 4.16. The normalized spacial score (nSPS) is 20.9. The Hall–Kier alpha value is -1.65. The first-order valence-electron chi connectivity index (χ1n) is 6.03. The van der Waals surface area contributed by atoms with Crippen LogP contribution < -0.4 is 5.32 Å². The van der Waals surface area contributed by atoms with Crippen LogP contribution in [0.15, 0.2) is 27.3 Å². The number of amidine groups is 2. The van der Waals surface area contributed by atoms with Crippen LogP contribution in [-0.4, -0.2) is 49.0 Å². The zero-order chi connectivity index (χ0) is 12.1. The van der Waals surface area contributed by atoms with Gasteiger partial charge >= 0.3 is 0 Å². The molecule has 1 fully saturated rings. The van der Waals surface area contributed by atoms with Crippen LogP contribution in [0.3, 0.4) is 0 Å². The van der Waals surface area contributed by atoms with Crippen LogP contribution in [0.2, 0.25) is 0 Å². The first kappa shape index (κ1) is 11.8. The van der Waals surface area contributed by atoms with E-state index >= 15 is 0 Å². The standard InChI is InChI=1S/C12H19N5/c1-3-4-11(13-2)14-9-12-16-15-7-8-17(12)10-5-6-10/h3-4,7,10H,5-6,8-9H2,1-2H3,(H,13,14)/b4-3-. The van der Waals surface area contributed by atoms with Gasteiger partial charge in [-0.05, 0) is 25.8 Å². The molecule has 1 saturated carbocycles. The van der Waals surface area contributed by atoms with E-state index in [4.69, 9.17) is 0 Å². The third-order valence-electron chi connectivity index (χ3n) is 2.85. The molecule has 0 aromatic carbocycles. The van der Waals surface area contributed by atoms with Crippen molar-refractivity contribution >= 4 is 17.9 Å². The summed E-state index contributed by atoms with van der Waals surface area (Å²) in [4.78, 5) is 6.48. The molecule has 1 N–H and O–H groups in total. The topological polar surface area (TPSA) is 52.4 Å². The van der Waals surface area contributed by atoms with Crippen LogP contribution in [-0.2, 0) is 0 Å². The molecule has 1 aliphatic heterocycles. The lowest BCUT2D eigenvalue weighted by molar-refractivity contribution is 0.451. The van der Waals surface area contributed by atoms with Crippen molar-refractivity contribution in [1.29, 1.82) is 0 Å². The van der Waals surface area contributed by atoms with Gasteiger partial charge in [-0.15, -0.1) is 5.10 Å². The third-order valence-corrected chi connectivity index (χ3v) is 2.85. The lowest BCUT2D eigenvalue weighted by Gasteiger charge is -2.26. The van der Waals surface area contributed by atoms with Gasteiger partial charge in [0.15, 0.2) is 0 Å². The van der Waals surface area contributed by atoms with Gasteiger partial charge < -0.3 is 10.2 Å². The summed E-state index contributed by atoms with van der Waals surface area (Å²) in [5.41, 5.74) is 0. The van der Waals surface area contributed by atoms with E-state index < -0.39 is 0 Å². The Kier molecular flexibility index (Phi) is 3.90. The summed E-state index contributed by atoms with van der Waals surface area (Å²) in [5, 5.41) is 11.5. The summed E-state index contributed by atoms with van der Waals surface area (Å²) >= 11 is 0. The summed E-state index contributed by atoms with van der Waals surface area (Å²) in [5.74, 6) is 1.89. The lowest BCUT2D eigenvalue weighted by Crippen LogP contribution is -2.43. The molecule has 0 unspecified atom stereocenters. The van der Waals surface area contributed by atoms with Gasteiger partial charge in [-0.25, -0.2) is 0 Å². The van der Waals surface area contributed by atoms with Crippen molar-refractivity contribution in [2.24, 2.45) is 15.2 Å². The Morgan fingerprint density at radius 2 is 2.47 bits per heavy atom. The van der Waals surface area contributed by atoms with Crippen molar-refractivity contribution in [3.05, 3.63) is 12.2 Å². The second kappa shape index (κ2) is 5.61. The minimum absolute atomic E-state index is 0.672. The van der Waals surface area contributed by atoms with Gasteiger partial charge in [0, 0.05) is 19.3 Å². The Balaban J connectivity index is 1.92. The number of nitrogens with zero attached hydrogens (tertiary/aromatic N) is 4. The van der Waals surface area contributed by atoms with Crippen molar-refractivity contribution in [3.8, 4) is 0 Å². The maximum atomic E-state index is 4.21. The highest BCUT2D eigenvalue weighted by atomic mass is 15.4. The van der Waals surface area contributed by atoms with Crippen molar-refractivity contribution in [3.63, 3.8) is 0 Å². The quantitative estimate of drug-likeness (QED) is 0.582. The molecule has 5 nitrogen and oxygen atoms in total. The molecule has 92 valence electrons. The molecule has 2 rings (SSSR count). The summed E-state index contributed by atoms with van der Waals surface area (Å²) in [6.45, 7) is 3.55. The first-order chi connectivity index (χ1) is 8.35. The molecule has 0 aromatic rings. The highest BCUT2D eigenvalue weighted by Crippen LogP contribution is 2.27. The number of rotatable bonds is 4. The Morgan fingerprint density at radius 1 is 1.65 bits per heavy atom. The fourth-order valence-electron chi connectivity index (χ4n) is 1.82. The smallest absolute Gasteiger partial charge is 0.147 e. The average Bonchev–Trinajstić information content (AvgIpc) is 3.19. The molecule has 0 radical (unpaired) electrons. The van der Waals surface area contributed by atoms with Crippen molar-refractivity contribution in [1.82, 2.24) is 10.2 Å². The number of aliphatic imine (C=N–C) groups is 1. The Labute approximate surface area is 102 Å². The fraction of sp³-hybridized carbons (Fsp3) is 0.583. The SMILES string of the molecule is C/C=C\C(=NC)NCC1=NN=CCN1C1CC1. The summed E-state index contributed by atoms with van der Waals surface area (Å²) in [7, 11) is 1.78. The van der Waals surface area contributed by atoms with Crippen LogP contribution in [0, 0.1) is 0 Å². The largest absolute Gasteiger partial charge is 0.363 e. The predicted molar refractivity (Wildman–Crippen MR) is 71.8 cm³/mol. The van der Waals surface area contributed by atoms with E-state index in [0.717, 1.165) is 18.2 Å². The number of hydrogen-bond acceptors (Lipinski definition) is 4. The Morgan fingerprint density at radius 3 is 3.12 bits per heavy atom. The zero-order valence-corrected chi connectivity index (χ0v) is 10.4. The molecular weight excluding hydrogens is 214 g/mol. The minimum Gasteiger partial charge on any atom is -0.363 e. The van der Waals surface area contributed by atoms with Crippen LogP contribution in [0.1, 0.15) is 19.8 Å². The van der Waals surface area contributed by atoms with Gasteiger partial charge in [-0.2, -0.15) is 5.10 Å². The van der Waals surface area contributed by atoms with E-state index in [-0.39, 0.29) is 0 Å². The van der Waals surface area contributed by atoms with E-state index in [1.54, 1.807) is 7.05 Å². The maximum absolute atomic E-state index is 4.21. The summed E-state index contributed by atoms with van der Waals surface area (Å²) in [6.07, 6.45) is 8.33. The van der Waals surface area contributed by atoms with Gasteiger partial charge in [0.1, 0.15) is 11.7 Å². The van der Waals surface area contributed by atoms with E-state index in [9.17, 15) is 0 Å². The molecule has 1 heterocycles. The first-order valence-corrected chi connectivity index (χ1v) is 6.03. The average molecular weight is 233 g/mol. The van der Waals surface area contributed by atoms with Crippen LogP contribution in [0.25, 0.3) is 0 Å². The fourth-order valence-corrected chi connectivity index (χ4v) is 1.82. The van der Waals surface area contributed by atoms with Crippen LogP contribution in [0.5, 0.6) is 0 Å². The van der Waals surface area contributed by atoms with E-state index in [1.807, 2.05) is 25.3 Å². The zero-order valence-electron chi connectivity index (χ0n) is 10.4. The van der Waals surface area contributed by atoms with Gasteiger partial charge in [-0.3, -0.25) is 4.99 Å². The van der Waals surface area contributed by atoms with Crippen LogP contribution in [0.4, 0.5) is 0 Å². The van der Waals surface area contributed by atoms with Gasteiger partial charge in [0.2, 0.25) is 0 Å². The van der Waals surface area contributed by atoms with Gasteiger partial charge in [0.25, 0.3) is 0 Å². The molecular formula is C12H19N5. The molecule has 0 saturated heterocycles. The monoisotopic (exact) mass is 233 g/mol. The van der Waals surface area contributed by atoms with E-state index in [1.165, 1.54) is 12.8 Å². The highest BCUT2D eigenvalue weighted by Gasteiger charge is 2.31. The molecule has 0 aromatic heterocycles. The van der Waals surface area contributed by atoms with Crippen LogP contribution >= 0.6 is 0 Å². The minimum atomic E-state index is 0.672. The Bertz CT molecular complexity index is 376. The third kappa shape index (κ3) is 3.15. The summed E-state index contributed by atoms with van der Waals surface area (Å²) < 4.78 is 0. The lowest BCUT2D eigenvalue weighted by atomic mass is 10.4. The van der Waals surface area contributed by atoms with Crippen molar-refractivity contribution in [2.45, 2.75) is 25.8 Å². The molecule has 5 heteroatoms. The maximum Gasteiger partial charge on any atom is 0.147 e. The number of hydrogen-bond donors (Lipinski definition) is 1. The molecule has 2 aliphatic rings. The molecule has 1 aliphatic carbocycles. The molecule has 17 heavy (non-hydrogen) atoms. The molecule has 0 bridgehead atoms. The molecule has 0 amide bonds. The van der Waals surface area contributed by atoms with E-state index in [2.05, 4.69) is 25.4 Å². The number of allylic oxidation sites excluding steroid dienone is 1. The van der Waals surface area contributed by atoms with Crippen molar-refractivity contribution < 1.29 is 0 Å². The summed E-state index contributed by atoms with van der Waals surface area (Å²) in [6, 6.07) is 0.672. The molecule has 0 atom stereocenters. The predicted octanol–water partition coefficient (Wildman–Crippen LogP) is 1.04. The number of nitrogens with one attached hydrogen (secondary N) is 1. The van der Waals surface area contributed by atoms with E-state index in [0.29, 0.717) is 12.6 Å². The molecule has 0 spiro atoms. The second-order valence-electron chi connectivity index (χ2n) is 4.16. The van der Waals surface area contributed by atoms with Crippen molar-refractivity contribution in [2.75, 3.05) is 20.1 Å².